The molecule has 0 aliphatic carbocycles. The predicted molar refractivity (Wildman–Crippen MR) is 47.8 cm³/mol. The lowest BCUT2D eigenvalue weighted by Crippen LogP contribution is -2.12. The lowest BCUT2D eigenvalue weighted by molar-refractivity contribution is -0.211. The highest BCUT2D eigenvalue weighted by Gasteiger charge is 2.28. The fourth-order valence-electron chi connectivity index (χ4n) is 0.809. The zero-order chi connectivity index (χ0) is 14.0. The van der Waals surface area contributed by atoms with Crippen LogP contribution in [-0.2, 0) is 9.68 Å². The topological polar surface area (TPSA) is 35.5 Å². The summed E-state index contributed by atoms with van der Waals surface area (Å²) in [5.74, 6) is -14.2. The summed E-state index contributed by atoms with van der Waals surface area (Å²) < 4.78 is 64.0. The molecule has 0 heterocycles. The molecule has 0 saturated heterocycles. The summed E-state index contributed by atoms with van der Waals surface area (Å²) in [5.41, 5.74) is -0.195. The van der Waals surface area contributed by atoms with Crippen molar-refractivity contribution in [2.24, 2.45) is 0 Å². The maximum atomic E-state index is 13.0. The third-order valence-electron chi connectivity index (χ3n) is 1.72. The minimum Gasteiger partial charge on any atom is -0.280 e. The smallest absolute Gasteiger partial charge is 0.280 e. The molecular formula is C10H5F5O3. The molecule has 0 aliphatic rings. The van der Waals surface area contributed by atoms with Gasteiger partial charge in [0.2, 0.25) is 29.1 Å². The van der Waals surface area contributed by atoms with Gasteiger partial charge in [-0.3, -0.25) is 4.89 Å². The van der Waals surface area contributed by atoms with Gasteiger partial charge in [0.05, 0.1) is 0 Å². The molecule has 1 aromatic carbocycles. The normalized spacial score (nSPS) is 10.1. The number of hydrogen-bond donors (Lipinski definition) is 0. The van der Waals surface area contributed by atoms with Crippen molar-refractivity contribution < 1.29 is 36.5 Å². The fourth-order valence-corrected chi connectivity index (χ4v) is 0.809. The van der Waals surface area contributed by atoms with Crippen LogP contribution >= 0.6 is 0 Å². The zero-order valence-corrected chi connectivity index (χ0v) is 8.82. The first kappa shape index (κ1) is 13.9. The number of halogens is 5. The molecule has 18 heavy (non-hydrogen) atoms. The van der Waals surface area contributed by atoms with Crippen molar-refractivity contribution in [1.82, 2.24) is 0 Å². The SMILES string of the molecule is C=C(C)C(=O)OOc1c(F)c(F)c(F)c(F)c1F. The van der Waals surface area contributed by atoms with Crippen molar-refractivity contribution >= 4 is 5.97 Å². The minimum atomic E-state index is -2.34. The van der Waals surface area contributed by atoms with Crippen LogP contribution in [0.3, 0.4) is 0 Å². The van der Waals surface area contributed by atoms with Crippen LogP contribution in [0.5, 0.6) is 5.75 Å². The molecule has 0 atom stereocenters. The Hall–Kier alpha value is -2.12. The maximum absolute atomic E-state index is 13.0. The summed E-state index contributed by atoms with van der Waals surface area (Å²) in [6.07, 6.45) is 0. The van der Waals surface area contributed by atoms with Gasteiger partial charge in [-0.15, -0.1) is 0 Å². The van der Waals surface area contributed by atoms with Crippen LogP contribution < -0.4 is 4.89 Å². The van der Waals surface area contributed by atoms with E-state index in [-0.39, 0.29) is 5.57 Å². The van der Waals surface area contributed by atoms with Crippen LogP contribution in [0.1, 0.15) is 6.92 Å². The van der Waals surface area contributed by atoms with Crippen LogP contribution in [0.2, 0.25) is 0 Å². The number of carbonyl (C=O) groups is 1. The molecule has 0 aliphatic heterocycles. The average molecular weight is 268 g/mol. The van der Waals surface area contributed by atoms with Gasteiger partial charge >= 0.3 is 5.97 Å². The first-order valence-electron chi connectivity index (χ1n) is 4.33. The second-order valence-electron chi connectivity index (χ2n) is 3.13. The molecule has 98 valence electrons. The molecule has 1 rings (SSSR count). The highest BCUT2D eigenvalue weighted by Crippen LogP contribution is 2.29. The van der Waals surface area contributed by atoms with Gasteiger partial charge in [0.15, 0.2) is 0 Å². The van der Waals surface area contributed by atoms with Gasteiger partial charge in [-0.1, -0.05) is 6.58 Å². The third-order valence-corrected chi connectivity index (χ3v) is 1.72. The Kier molecular flexibility index (Phi) is 3.89. The highest BCUT2D eigenvalue weighted by molar-refractivity contribution is 5.86. The molecule has 1 aromatic rings. The van der Waals surface area contributed by atoms with Crippen molar-refractivity contribution in [1.29, 1.82) is 0 Å². The molecule has 0 amide bonds. The van der Waals surface area contributed by atoms with Crippen molar-refractivity contribution in [3.63, 3.8) is 0 Å². The molecule has 3 nitrogen and oxygen atoms in total. The Morgan fingerprint density at radius 3 is 1.72 bits per heavy atom. The van der Waals surface area contributed by atoms with E-state index in [0.717, 1.165) is 0 Å². The Morgan fingerprint density at radius 1 is 0.944 bits per heavy atom. The van der Waals surface area contributed by atoms with Crippen LogP contribution in [-0.4, -0.2) is 5.97 Å². The first-order chi connectivity index (χ1) is 8.27. The van der Waals surface area contributed by atoms with Crippen molar-refractivity contribution in [2.75, 3.05) is 0 Å². The van der Waals surface area contributed by atoms with Crippen molar-refractivity contribution in [3.05, 3.63) is 41.2 Å². The van der Waals surface area contributed by atoms with E-state index >= 15 is 0 Å². The molecule has 0 fully saturated rings. The first-order valence-corrected chi connectivity index (χ1v) is 4.33. The zero-order valence-electron chi connectivity index (χ0n) is 8.82. The Morgan fingerprint density at radius 2 is 1.33 bits per heavy atom. The quantitative estimate of drug-likeness (QED) is 0.211. The third kappa shape index (κ3) is 2.41. The van der Waals surface area contributed by atoms with E-state index < -0.39 is 40.8 Å². The van der Waals surface area contributed by atoms with E-state index in [4.69, 9.17) is 0 Å². The second kappa shape index (κ2) is 5.03. The lowest BCUT2D eigenvalue weighted by atomic mass is 10.3. The van der Waals surface area contributed by atoms with Crippen LogP contribution in [0.25, 0.3) is 0 Å². The molecule has 0 unspecified atom stereocenters. The molecule has 0 spiro atoms. The van der Waals surface area contributed by atoms with Gasteiger partial charge in [0.1, 0.15) is 0 Å². The van der Waals surface area contributed by atoms with E-state index in [2.05, 4.69) is 16.4 Å². The van der Waals surface area contributed by atoms with Gasteiger partial charge < -0.3 is 0 Å². The predicted octanol–water partition coefficient (Wildman–Crippen LogP) is 2.80. The highest BCUT2D eigenvalue weighted by atomic mass is 19.2. The van der Waals surface area contributed by atoms with Gasteiger partial charge in [-0.05, 0) is 6.92 Å². The van der Waals surface area contributed by atoms with Crippen molar-refractivity contribution in [2.45, 2.75) is 6.92 Å². The number of rotatable bonds is 3. The molecule has 8 heteroatoms. The van der Waals surface area contributed by atoms with E-state index in [1.807, 2.05) is 0 Å². The summed E-state index contributed by atoms with van der Waals surface area (Å²) >= 11 is 0. The number of benzene rings is 1. The molecule has 0 bridgehead atoms. The molecule has 0 N–H and O–H groups in total. The lowest BCUT2D eigenvalue weighted by Gasteiger charge is -2.07. The Bertz CT molecular complexity index is 498. The van der Waals surface area contributed by atoms with E-state index in [9.17, 15) is 26.7 Å². The summed E-state index contributed by atoms with van der Waals surface area (Å²) in [4.78, 5) is 18.4. The Balaban J connectivity index is 3.11. The number of hydrogen-bond acceptors (Lipinski definition) is 3. The molecular weight excluding hydrogens is 263 g/mol. The largest absolute Gasteiger partial charge is 0.381 e. The van der Waals surface area contributed by atoms with Gasteiger partial charge in [0, 0.05) is 5.57 Å². The maximum Gasteiger partial charge on any atom is 0.381 e. The molecule has 0 aromatic heterocycles. The Labute approximate surface area is 97.3 Å². The summed E-state index contributed by atoms with van der Waals surface area (Å²) in [5, 5.41) is 0. The van der Waals surface area contributed by atoms with Gasteiger partial charge in [-0.2, -0.15) is 8.78 Å². The van der Waals surface area contributed by atoms with Crippen LogP contribution in [0.4, 0.5) is 22.0 Å². The standard InChI is InChI=1S/C10H5F5O3/c1-3(2)10(16)18-17-9-7(14)5(12)4(11)6(13)8(9)15/h1H2,2H3. The van der Waals surface area contributed by atoms with Gasteiger partial charge in [0.25, 0.3) is 5.75 Å². The summed E-state index contributed by atoms with van der Waals surface area (Å²) in [6.45, 7) is 4.30. The van der Waals surface area contributed by atoms with Crippen LogP contribution in [0.15, 0.2) is 12.2 Å². The van der Waals surface area contributed by atoms with E-state index in [1.165, 1.54) is 6.92 Å². The van der Waals surface area contributed by atoms with Crippen LogP contribution in [0, 0.1) is 29.1 Å². The van der Waals surface area contributed by atoms with E-state index in [1.54, 1.807) is 0 Å². The van der Waals surface area contributed by atoms with Crippen molar-refractivity contribution in [3.8, 4) is 5.75 Å². The molecule has 0 radical (unpaired) electrons. The number of carbonyl (C=O) groups excluding carboxylic acids is 1. The monoisotopic (exact) mass is 268 g/mol. The summed E-state index contributed by atoms with van der Waals surface area (Å²) in [7, 11) is 0. The van der Waals surface area contributed by atoms with E-state index in [0.29, 0.717) is 0 Å². The summed E-state index contributed by atoms with van der Waals surface area (Å²) in [6, 6.07) is 0. The second-order valence-corrected chi connectivity index (χ2v) is 3.13. The minimum absolute atomic E-state index is 0.195. The molecule has 0 saturated carbocycles. The van der Waals surface area contributed by atoms with Gasteiger partial charge in [-0.25, -0.2) is 22.9 Å². The average Bonchev–Trinajstić information content (AvgIpc) is 2.33. The fraction of sp³-hybridized carbons (Fsp3) is 0.100.